The highest BCUT2D eigenvalue weighted by atomic mass is 19.3. The summed E-state index contributed by atoms with van der Waals surface area (Å²) in [4.78, 5) is 0. The van der Waals surface area contributed by atoms with E-state index in [2.05, 4.69) is 4.74 Å². The third-order valence-corrected chi connectivity index (χ3v) is 2.79. The van der Waals surface area contributed by atoms with E-state index in [1.807, 2.05) is 0 Å². The maximum Gasteiger partial charge on any atom is 0.375 e. The zero-order valence-electron chi connectivity index (χ0n) is 9.31. The molecule has 2 rings (SSSR count). The number of hydrogen-bond acceptors (Lipinski definition) is 1. The highest BCUT2D eigenvalue weighted by Crippen LogP contribution is 2.56. The Morgan fingerprint density at radius 1 is 1.06 bits per heavy atom. The van der Waals surface area contributed by atoms with Crippen LogP contribution in [0.5, 0.6) is 0 Å². The van der Waals surface area contributed by atoms with Gasteiger partial charge in [0.05, 0.1) is 0 Å². The molecule has 0 atom stereocenters. The molecule has 0 radical (unpaired) electrons. The minimum atomic E-state index is -4.76. The normalized spacial score (nSPS) is 20.6. The standard InChI is InChI=1S/C12H9F5O/c1-7-4-2-3-5-8(7)6-18-10-9(13)11(14,15)12(10,16)17/h2-5H,6H2,1H3. The fourth-order valence-corrected chi connectivity index (χ4v) is 1.57. The quantitative estimate of drug-likeness (QED) is 0.750. The van der Waals surface area contributed by atoms with Crippen LogP contribution in [0, 0.1) is 6.92 Å². The molecule has 0 N–H and O–H groups in total. The number of hydrogen-bond donors (Lipinski definition) is 0. The number of ether oxygens (including phenoxy) is 1. The Hall–Kier alpha value is -1.59. The molecule has 1 aromatic rings. The monoisotopic (exact) mass is 264 g/mol. The molecule has 0 heterocycles. The van der Waals surface area contributed by atoms with Crippen LogP contribution in [0.4, 0.5) is 22.0 Å². The summed E-state index contributed by atoms with van der Waals surface area (Å²) < 4.78 is 68.0. The van der Waals surface area contributed by atoms with E-state index in [0.717, 1.165) is 5.56 Å². The lowest BCUT2D eigenvalue weighted by molar-refractivity contribution is -0.233. The Bertz CT molecular complexity index is 507. The van der Waals surface area contributed by atoms with E-state index in [1.165, 1.54) is 0 Å². The number of benzene rings is 1. The number of allylic oxidation sites excluding steroid dienone is 2. The Kier molecular flexibility index (Phi) is 2.83. The number of halogens is 5. The predicted octanol–water partition coefficient (Wildman–Crippen LogP) is 3.98. The number of alkyl halides is 4. The van der Waals surface area contributed by atoms with Gasteiger partial charge in [0.2, 0.25) is 11.6 Å². The summed E-state index contributed by atoms with van der Waals surface area (Å²) in [5.74, 6) is -13.1. The van der Waals surface area contributed by atoms with Gasteiger partial charge >= 0.3 is 11.8 Å². The second kappa shape index (κ2) is 3.96. The first-order valence-electron chi connectivity index (χ1n) is 5.12. The molecule has 0 spiro atoms. The van der Waals surface area contributed by atoms with Crippen LogP contribution in [0.1, 0.15) is 11.1 Å². The summed E-state index contributed by atoms with van der Waals surface area (Å²) in [5.41, 5.74) is 1.27. The van der Waals surface area contributed by atoms with E-state index < -0.39 is 23.4 Å². The average molecular weight is 264 g/mol. The van der Waals surface area contributed by atoms with Crippen LogP contribution in [-0.2, 0) is 11.3 Å². The third-order valence-electron chi connectivity index (χ3n) is 2.79. The van der Waals surface area contributed by atoms with Crippen LogP contribution in [0.15, 0.2) is 35.9 Å². The average Bonchev–Trinajstić information content (AvgIpc) is 2.30. The van der Waals surface area contributed by atoms with Gasteiger partial charge in [0, 0.05) is 0 Å². The summed E-state index contributed by atoms with van der Waals surface area (Å²) in [6.45, 7) is 1.33. The maximum atomic E-state index is 12.9. The zero-order valence-corrected chi connectivity index (χ0v) is 9.31. The highest BCUT2D eigenvalue weighted by Gasteiger charge is 2.74. The van der Waals surface area contributed by atoms with Crippen molar-refractivity contribution >= 4 is 0 Å². The summed E-state index contributed by atoms with van der Waals surface area (Å²) >= 11 is 0. The second-order valence-electron chi connectivity index (χ2n) is 4.01. The summed E-state index contributed by atoms with van der Waals surface area (Å²) in [6.07, 6.45) is 0. The Labute approximate surface area is 99.9 Å². The SMILES string of the molecule is Cc1ccccc1COC1=C(F)C(F)(F)C1(F)F. The van der Waals surface area contributed by atoms with Crippen LogP contribution < -0.4 is 0 Å². The minimum Gasteiger partial charge on any atom is -0.484 e. The molecule has 0 saturated heterocycles. The van der Waals surface area contributed by atoms with Crippen LogP contribution in [0.2, 0.25) is 0 Å². The van der Waals surface area contributed by atoms with Gasteiger partial charge in [0.25, 0.3) is 0 Å². The first kappa shape index (κ1) is 12.9. The molecule has 0 bridgehead atoms. The van der Waals surface area contributed by atoms with E-state index in [-0.39, 0.29) is 6.61 Å². The molecule has 0 saturated carbocycles. The Morgan fingerprint density at radius 3 is 2.22 bits per heavy atom. The van der Waals surface area contributed by atoms with Crippen molar-refractivity contribution in [3.05, 3.63) is 47.0 Å². The van der Waals surface area contributed by atoms with E-state index in [4.69, 9.17) is 0 Å². The molecule has 6 heteroatoms. The predicted molar refractivity (Wildman–Crippen MR) is 54.0 cm³/mol. The number of rotatable bonds is 3. The van der Waals surface area contributed by atoms with E-state index in [1.54, 1.807) is 31.2 Å². The molecule has 0 amide bonds. The van der Waals surface area contributed by atoms with Gasteiger partial charge in [-0.2, -0.15) is 17.6 Å². The van der Waals surface area contributed by atoms with Crippen molar-refractivity contribution < 1.29 is 26.7 Å². The van der Waals surface area contributed by atoms with Crippen LogP contribution in [0.25, 0.3) is 0 Å². The first-order chi connectivity index (χ1) is 8.28. The first-order valence-corrected chi connectivity index (χ1v) is 5.12. The van der Waals surface area contributed by atoms with Crippen molar-refractivity contribution in [2.24, 2.45) is 0 Å². The molecule has 0 unspecified atom stereocenters. The van der Waals surface area contributed by atoms with Crippen molar-refractivity contribution in [3.63, 3.8) is 0 Å². The minimum absolute atomic E-state index is 0.374. The van der Waals surface area contributed by atoms with E-state index in [0.29, 0.717) is 5.56 Å². The van der Waals surface area contributed by atoms with Crippen molar-refractivity contribution in [2.75, 3.05) is 0 Å². The van der Waals surface area contributed by atoms with Gasteiger partial charge in [-0.15, -0.1) is 0 Å². The fraction of sp³-hybridized carbons (Fsp3) is 0.333. The van der Waals surface area contributed by atoms with Crippen molar-refractivity contribution in [2.45, 2.75) is 25.4 Å². The van der Waals surface area contributed by atoms with Gasteiger partial charge in [-0.1, -0.05) is 24.3 Å². The molecule has 98 valence electrons. The van der Waals surface area contributed by atoms with Crippen molar-refractivity contribution in [1.82, 2.24) is 0 Å². The van der Waals surface area contributed by atoms with Crippen molar-refractivity contribution in [1.29, 1.82) is 0 Å². The van der Waals surface area contributed by atoms with Crippen LogP contribution in [-0.4, -0.2) is 11.8 Å². The number of aryl methyl sites for hydroxylation is 1. The Morgan fingerprint density at radius 2 is 1.67 bits per heavy atom. The van der Waals surface area contributed by atoms with Gasteiger partial charge in [-0.3, -0.25) is 0 Å². The topological polar surface area (TPSA) is 9.23 Å². The molecule has 1 aliphatic carbocycles. The molecule has 0 fully saturated rings. The second-order valence-corrected chi connectivity index (χ2v) is 4.01. The molecule has 1 aliphatic rings. The lowest BCUT2D eigenvalue weighted by Gasteiger charge is -2.35. The van der Waals surface area contributed by atoms with Gasteiger partial charge in [0.15, 0.2) is 0 Å². The van der Waals surface area contributed by atoms with Gasteiger partial charge in [-0.05, 0) is 18.1 Å². The van der Waals surface area contributed by atoms with Gasteiger partial charge in [-0.25, -0.2) is 4.39 Å². The summed E-state index contributed by atoms with van der Waals surface area (Å²) in [5, 5.41) is 0. The van der Waals surface area contributed by atoms with Crippen LogP contribution in [0.3, 0.4) is 0 Å². The fourth-order valence-electron chi connectivity index (χ4n) is 1.57. The molecular formula is C12H9F5O. The maximum absolute atomic E-state index is 12.9. The van der Waals surface area contributed by atoms with Gasteiger partial charge in [0.1, 0.15) is 6.61 Å². The third kappa shape index (κ3) is 1.67. The van der Waals surface area contributed by atoms with Crippen LogP contribution >= 0.6 is 0 Å². The molecule has 0 aliphatic heterocycles. The molecule has 1 aromatic carbocycles. The lowest BCUT2D eigenvalue weighted by atomic mass is 9.96. The van der Waals surface area contributed by atoms with E-state index in [9.17, 15) is 22.0 Å². The van der Waals surface area contributed by atoms with E-state index >= 15 is 0 Å². The smallest absolute Gasteiger partial charge is 0.375 e. The highest BCUT2D eigenvalue weighted by molar-refractivity contribution is 5.36. The molecule has 18 heavy (non-hydrogen) atoms. The zero-order chi connectivity index (χ0) is 13.6. The Balaban J connectivity index is 2.14. The summed E-state index contributed by atoms with van der Waals surface area (Å²) in [7, 11) is 0. The molecular weight excluding hydrogens is 255 g/mol. The lowest BCUT2D eigenvalue weighted by Crippen LogP contribution is -2.53. The largest absolute Gasteiger partial charge is 0.484 e. The summed E-state index contributed by atoms with van der Waals surface area (Å²) in [6, 6.07) is 6.66. The van der Waals surface area contributed by atoms with Gasteiger partial charge < -0.3 is 4.74 Å². The van der Waals surface area contributed by atoms with Crippen molar-refractivity contribution in [3.8, 4) is 0 Å². The molecule has 1 nitrogen and oxygen atoms in total. The molecule has 0 aromatic heterocycles.